The molecule has 0 radical (unpaired) electrons. The lowest BCUT2D eigenvalue weighted by Crippen LogP contribution is -2.53. The highest BCUT2D eigenvalue weighted by Gasteiger charge is 2.27. The van der Waals surface area contributed by atoms with Gasteiger partial charge < -0.3 is 9.84 Å². The first-order valence-electron chi connectivity index (χ1n) is 8.43. The fourth-order valence-corrected chi connectivity index (χ4v) is 3.27. The molecule has 5 heteroatoms. The number of aliphatic hydroxyl groups excluding tert-OH is 1. The Balaban J connectivity index is 2.02. The molecule has 130 valence electrons. The van der Waals surface area contributed by atoms with E-state index in [1.807, 2.05) is 0 Å². The quantitative estimate of drug-likeness (QED) is 0.835. The summed E-state index contributed by atoms with van der Waals surface area (Å²) in [5.41, 5.74) is 0.671. The van der Waals surface area contributed by atoms with E-state index in [4.69, 9.17) is 4.74 Å². The summed E-state index contributed by atoms with van der Waals surface area (Å²) in [5.74, 6) is 1.11. The predicted octanol–water partition coefficient (Wildman–Crippen LogP) is 2.36. The molecule has 1 aliphatic rings. The lowest BCUT2D eigenvalue weighted by molar-refractivity contribution is 0.0472. The van der Waals surface area contributed by atoms with Gasteiger partial charge in [0.25, 0.3) is 0 Å². The molecule has 4 nitrogen and oxygen atoms in total. The van der Waals surface area contributed by atoms with Gasteiger partial charge in [-0.05, 0) is 30.5 Å². The first-order valence-corrected chi connectivity index (χ1v) is 8.43. The van der Waals surface area contributed by atoms with Crippen molar-refractivity contribution in [2.75, 3.05) is 39.9 Å². The minimum Gasteiger partial charge on any atom is -0.497 e. The largest absolute Gasteiger partial charge is 0.497 e. The molecule has 1 fully saturated rings. The molecule has 0 aliphatic carbocycles. The van der Waals surface area contributed by atoms with Crippen LogP contribution < -0.4 is 4.74 Å². The highest BCUT2D eigenvalue weighted by molar-refractivity contribution is 5.29. The number of nitrogens with zero attached hydrogens (tertiary/aromatic N) is 2. The van der Waals surface area contributed by atoms with Crippen LogP contribution in [-0.4, -0.2) is 60.8 Å². The molecule has 1 saturated heterocycles. The van der Waals surface area contributed by atoms with E-state index in [1.165, 1.54) is 6.07 Å². The van der Waals surface area contributed by atoms with E-state index in [0.717, 1.165) is 32.6 Å². The topological polar surface area (TPSA) is 35.9 Å². The van der Waals surface area contributed by atoms with Crippen molar-refractivity contribution in [1.82, 2.24) is 9.80 Å². The minimum atomic E-state index is -0.186. The molecule has 1 aromatic carbocycles. The molecule has 0 aromatic heterocycles. The number of rotatable bonds is 7. The number of benzene rings is 1. The molecule has 1 N–H and O–H groups in total. The first kappa shape index (κ1) is 18.2. The Morgan fingerprint density at radius 1 is 1.35 bits per heavy atom. The normalized spacial score (nSPS) is 20.2. The molecule has 1 heterocycles. The fraction of sp³-hybridized carbons (Fsp3) is 0.667. The van der Waals surface area contributed by atoms with E-state index >= 15 is 0 Å². The van der Waals surface area contributed by atoms with Crippen LogP contribution in [0.3, 0.4) is 0 Å². The van der Waals surface area contributed by atoms with Gasteiger partial charge in [0.15, 0.2) is 0 Å². The van der Waals surface area contributed by atoms with Gasteiger partial charge in [-0.15, -0.1) is 0 Å². The zero-order chi connectivity index (χ0) is 16.8. The first-order chi connectivity index (χ1) is 11.0. The van der Waals surface area contributed by atoms with Crippen molar-refractivity contribution < 1.29 is 14.2 Å². The zero-order valence-corrected chi connectivity index (χ0v) is 14.5. The van der Waals surface area contributed by atoms with Crippen LogP contribution in [0.1, 0.15) is 25.8 Å². The van der Waals surface area contributed by atoms with Gasteiger partial charge in [-0.1, -0.05) is 13.8 Å². The predicted molar refractivity (Wildman–Crippen MR) is 90.1 cm³/mol. The van der Waals surface area contributed by atoms with Crippen molar-refractivity contribution in [2.45, 2.75) is 32.9 Å². The van der Waals surface area contributed by atoms with E-state index in [0.29, 0.717) is 29.8 Å². The van der Waals surface area contributed by atoms with Gasteiger partial charge in [0.2, 0.25) is 0 Å². The average Bonchev–Trinajstić information content (AvgIpc) is 2.52. The summed E-state index contributed by atoms with van der Waals surface area (Å²) in [4.78, 5) is 4.73. The van der Waals surface area contributed by atoms with Crippen LogP contribution in [0.2, 0.25) is 0 Å². The van der Waals surface area contributed by atoms with Crippen molar-refractivity contribution in [3.05, 3.63) is 29.6 Å². The van der Waals surface area contributed by atoms with Crippen molar-refractivity contribution in [1.29, 1.82) is 0 Å². The maximum absolute atomic E-state index is 14.0. The lowest BCUT2D eigenvalue weighted by atomic mass is 10.1. The van der Waals surface area contributed by atoms with E-state index in [2.05, 4.69) is 23.6 Å². The number of hydrogen-bond donors (Lipinski definition) is 1. The monoisotopic (exact) mass is 324 g/mol. The molecular formula is C18H29FN2O2. The summed E-state index contributed by atoms with van der Waals surface area (Å²) in [6, 6.07) is 5.23. The molecule has 0 bridgehead atoms. The summed E-state index contributed by atoms with van der Waals surface area (Å²) in [7, 11) is 1.60. The zero-order valence-electron chi connectivity index (χ0n) is 14.5. The second-order valence-corrected chi connectivity index (χ2v) is 6.75. The summed E-state index contributed by atoms with van der Waals surface area (Å²) < 4.78 is 19.2. The molecule has 0 unspecified atom stereocenters. The smallest absolute Gasteiger partial charge is 0.127 e. The third-order valence-corrected chi connectivity index (χ3v) is 4.40. The van der Waals surface area contributed by atoms with Crippen LogP contribution in [0.25, 0.3) is 0 Å². The van der Waals surface area contributed by atoms with E-state index in [-0.39, 0.29) is 12.4 Å². The van der Waals surface area contributed by atoms with Crippen LogP contribution in [0, 0.1) is 11.7 Å². The summed E-state index contributed by atoms with van der Waals surface area (Å²) in [6.07, 6.45) is 0.768. The van der Waals surface area contributed by atoms with E-state index in [1.54, 1.807) is 19.2 Å². The summed E-state index contributed by atoms with van der Waals surface area (Å²) in [6.45, 7) is 9.01. The van der Waals surface area contributed by atoms with Gasteiger partial charge in [0, 0.05) is 50.9 Å². The van der Waals surface area contributed by atoms with Crippen LogP contribution in [-0.2, 0) is 6.54 Å². The molecule has 1 aromatic rings. The van der Waals surface area contributed by atoms with E-state index in [9.17, 15) is 9.50 Å². The number of methoxy groups -OCH3 is 1. The summed E-state index contributed by atoms with van der Waals surface area (Å²) >= 11 is 0. The molecule has 0 amide bonds. The van der Waals surface area contributed by atoms with Crippen molar-refractivity contribution in [2.24, 2.45) is 5.92 Å². The van der Waals surface area contributed by atoms with E-state index < -0.39 is 0 Å². The molecule has 2 rings (SSSR count). The molecule has 1 aliphatic heterocycles. The third kappa shape index (κ3) is 5.16. The Kier molecular flexibility index (Phi) is 6.81. The number of piperazine rings is 1. The van der Waals surface area contributed by atoms with Gasteiger partial charge in [-0.25, -0.2) is 4.39 Å². The SMILES string of the molecule is COc1ccc(F)c(CN2CCN(CC(C)C)[C@H](CCO)C2)c1. The second kappa shape index (κ2) is 8.62. The van der Waals surface area contributed by atoms with Crippen LogP contribution in [0.4, 0.5) is 4.39 Å². The molecule has 0 saturated carbocycles. The van der Waals surface area contributed by atoms with Gasteiger partial charge >= 0.3 is 0 Å². The number of halogens is 1. The second-order valence-electron chi connectivity index (χ2n) is 6.75. The fourth-order valence-electron chi connectivity index (χ4n) is 3.27. The standard InChI is InChI=1S/C18H29FN2O2/c1-14(2)11-21-8-7-20(13-16(21)6-9-22)12-15-10-17(23-3)4-5-18(15)19/h4-5,10,14,16,22H,6-9,11-13H2,1-3H3/t16-/m1/s1. The Morgan fingerprint density at radius 2 is 2.13 bits per heavy atom. The van der Waals surface area contributed by atoms with Gasteiger partial charge in [-0.3, -0.25) is 9.80 Å². The Labute approximate surface area is 138 Å². The van der Waals surface area contributed by atoms with Gasteiger partial charge in [0.05, 0.1) is 7.11 Å². The van der Waals surface area contributed by atoms with Gasteiger partial charge in [-0.2, -0.15) is 0 Å². The van der Waals surface area contributed by atoms with Gasteiger partial charge in [0.1, 0.15) is 11.6 Å². The maximum atomic E-state index is 14.0. The highest BCUT2D eigenvalue weighted by atomic mass is 19.1. The Bertz CT molecular complexity index is 496. The maximum Gasteiger partial charge on any atom is 0.127 e. The Morgan fingerprint density at radius 3 is 2.78 bits per heavy atom. The lowest BCUT2D eigenvalue weighted by Gasteiger charge is -2.42. The number of ether oxygens (including phenoxy) is 1. The molecule has 0 spiro atoms. The van der Waals surface area contributed by atoms with Crippen molar-refractivity contribution in [3.63, 3.8) is 0 Å². The Hall–Kier alpha value is -1.17. The van der Waals surface area contributed by atoms with Crippen LogP contribution in [0.5, 0.6) is 5.75 Å². The molecule has 23 heavy (non-hydrogen) atoms. The highest BCUT2D eigenvalue weighted by Crippen LogP contribution is 2.21. The van der Waals surface area contributed by atoms with Crippen LogP contribution in [0.15, 0.2) is 18.2 Å². The number of hydrogen-bond acceptors (Lipinski definition) is 4. The number of aliphatic hydroxyl groups is 1. The average molecular weight is 324 g/mol. The van der Waals surface area contributed by atoms with Crippen LogP contribution >= 0.6 is 0 Å². The minimum absolute atomic E-state index is 0.186. The van der Waals surface area contributed by atoms with Crippen molar-refractivity contribution >= 4 is 0 Å². The summed E-state index contributed by atoms with van der Waals surface area (Å²) in [5, 5.41) is 9.34. The third-order valence-electron chi connectivity index (χ3n) is 4.40. The molecule has 1 atom stereocenters. The van der Waals surface area contributed by atoms with Crippen molar-refractivity contribution in [3.8, 4) is 5.75 Å². The molecular weight excluding hydrogens is 295 g/mol.